The largest absolute Gasteiger partial charge is 0.458 e. The number of rotatable bonds is 7. The molecule has 0 saturated heterocycles. The second-order valence-corrected chi connectivity index (χ2v) is 14.8. The summed E-state index contributed by atoms with van der Waals surface area (Å²) in [6, 6.07) is 5.12. The van der Waals surface area contributed by atoms with Crippen LogP contribution in [0, 0.1) is 52.3 Å². The maximum atomic E-state index is 13.5. The van der Waals surface area contributed by atoms with E-state index in [0.717, 1.165) is 30.1 Å². The number of benzene rings is 1. The lowest BCUT2D eigenvalue weighted by atomic mass is 9.44. The summed E-state index contributed by atoms with van der Waals surface area (Å²) in [6.45, 7) is 12.3. The van der Waals surface area contributed by atoms with Crippen molar-refractivity contribution in [3.63, 3.8) is 0 Å². The van der Waals surface area contributed by atoms with Crippen LogP contribution in [0.25, 0.3) is 0 Å². The molecule has 4 N–H and O–H groups in total. The second kappa shape index (κ2) is 10.7. The van der Waals surface area contributed by atoms with Gasteiger partial charge in [-0.3, -0.25) is 0 Å². The first kappa shape index (κ1) is 27.8. The molecule has 4 aliphatic carbocycles. The van der Waals surface area contributed by atoms with Crippen molar-refractivity contribution < 1.29 is 9.53 Å². The van der Waals surface area contributed by atoms with Crippen LogP contribution in [0.15, 0.2) is 18.2 Å². The van der Waals surface area contributed by atoms with Gasteiger partial charge in [-0.05, 0) is 109 Å². The van der Waals surface area contributed by atoms with E-state index in [9.17, 15) is 4.79 Å². The quantitative estimate of drug-likeness (QED) is 0.278. The van der Waals surface area contributed by atoms with Crippen LogP contribution in [-0.4, -0.2) is 12.1 Å². The minimum absolute atomic E-state index is 0.0233. The molecule has 0 radical (unpaired) electrons. The minimum atomic E-state index is -0.255. The highest BCUT2D eigenvalue weighted by molar-refractivity contribution is 5.91. The molecule has 0 spiro atoms. The Morgan fingerprint density at radius 1 is 0.921 bits per heavy atom. The Morgan fingerprint density at radius 2 is 1.66 bits per heavy atom. The number of carbonyl (C=O) groups excluding carboxylic acids is 1. The van der Waals surface area contributed by atoms with Crippen LogP contribution in [0.4, 0.5) is 11.4 Å². The first-order chi connectivity index (χ1) is 18.0. The predicted molar refractivity (Wildman–Crippen MR) is 158 cm³/mol. The molecule has 1 aromatic rings. The molecule has 0 heterocycles. The number of fused-ring (bicyclic) bond motifs is 5. The maximum Gasteiger partial charge on any atom is 0.338 e. The average molecular weight is 523 g/mol. The van der Waals surface area contributed by atoms with E-state index in [1.165, 1.54) is 70.6 Å². The molecule has 38 heavy (non-hydrogen) atoms. The SMILES string of the molecule is CC(C)CCC[C@@H](C)[C@H]1C(OC(=O)c2cc(N)cc(N)c2)C[C@H]2[C@@H]3CCC4CCCC[C@]4(C)[C@H]3CC[C@]12C. The molecule has 0 aliphatic heterocycles. The van der Waals surface area contributed by atoms with Crippen molar-refractivity contribution >= 4 is 17.3 Å². The van der Waals surface area contributed by atoms with Crippen LogP contribution >= 0.6 is 0 Å². The van der Waals surface area contributed by atoms with Gasteiger partial charge in [-0.25, -0.2) is 4.79 Å². The molecule has 4 aliphatic rings. The highest BCUT2D eigenvalue weighted by Gasteiger charge is 2.63. The van der Waals surface area contributed by atoms with Crippen molar-refractivity contribution in [2.24, 2.45) is 52.3 Å². The molecule has 4 fully saturated rings. The lowest BCUT2D eigenvalue weighted by Gasteiger charge is -2.60. The Kier molecular flexibility index (Phi) is 7.84. The number of nitrogens with two attached hydrogens (primary N) is 2. The summed E-state index contributed by atoms with van der Waals surface area (Å²) >= 11 is 0. The van der Waals surface area contributed by atoms with E-state index in [1.54, 1.807) is 18.2 Å². The summed E-state index contributed by atoms with van der Waals surface area (Å²) in [4.78, 5) is 13.5. The Bertz CT molecular complexity index is 986. The molecule has 4 nitrogen and oxygen atoms in total. The summed E-state index contributed by atoms with van der Waals surface area (Å²) in [5.74, 6) is 4.66. The molecule has 2 unspecified atom stereocenters. The molecule has 4 saturated carbocycles. The summed E-state index contributed by atoms with van der Waals surface area (Å²) in [6.07, 6.45) is 15.9. The minimum Gasteiger partial charge on any atom is -0.458 e. The monoisotopic (exact) mass is 522 g/mol. The second-order valence-electron chi connectivity index (χ2n) is 14.8. The van der Waals surface area contributed by atoms with Crippen LogP contribution < -0.4 is 11.5 Å². The van der Waals surface area contributed by atoms with E-state index in [-0.39, 0.29) is 17.5 Å². The average Bonchev–Trinajstić information content (AvgIpc) is 3.14. The molecule has 212 valence electrons. The summed E-state index contributed by atoms with van der Waals surface area (Å²) in [5, 5.41) is 0. The van der Waals surface area contributed by atoms with Crippen LogP contribution in [0.3, 0.4) is 0 Å². The van der Waals surface area contributed by atoms with Gasteiger partial charge in [0.15, 0.2) is 0 Å². The van der Waals surface area contributed by atoms with Gasteiger partial charge in [0.1, 0.15) is 6.10 Å². The Labute approximate surface area is 232 Å². The fraction of sp³-hybridized carbons (Fsp3) is 0.794. The molecular weight excluding hydrogens is 468 g/mol. The van der Waals surface area contributed by atoms with Gasteiger partial charge in [0.25, 0.3) is 0 Å². The normalized spacial score (nSPS) is 39.2. The van der Waals surface area contributed by atoms with Gasteiger partial charge < -0.3 is 16.2 Å². The van der Waals surface area contributed by atoms with Gasteiger partial charge in [0.05, 0.1) is 5.56 Å². The van der Waals surface area contributed by atoms with Crippen molar-refractivity contribution in [1.29, 1.82) is 0 Å². The van der Waals surface area contributed by atoms with Crippen molar-refractivity contribution in [3.8, 4) is 0 Å². The van der Waals surface area contributed by atoms with Crippen LogP contribution in [0.1, 0.15) is 122 Å². The van der Waals surface area contributed by atoms with Crippen molar-refractivity contribution in [3.05, 3.63) is 23.8 Å². The molecule has 5 rings (SSSR count). The van der Waals surface area contributed by atoms with E-state index in [0.29, 0.717) is 40.1 Å². The van der Waals surface area contributed by atoms with E-state index in [4.69, 9.17) is 16.2 Å². The number of esters is 1. The van der Waals surface area contributed by atoms with E-state index < -0.39 is 0 Å². The van der Waals surface area contributed by atoms with E-state index >= 15 is 0 Å². The third-order valence-corrected chi connectivity index (χ3v) is 12.2. The number of nitrogen functional groups attached to an aromatic ring is 2. The van der Waals surface area contributed by atoms with Gasteiger partial charge in [-0.15, -0.1) is 0 Å². The number of carbonyl (C=O) groups is 1. The molecular formula is C34H54N2O2. The third kappa shape index (κ3) is 4.99. The first-order valence-electron chi connectivity index (χ1n) is 15.9. The Hall–Kier alpha value is -1.71. The highest BCUT2D eigenvalue weighted by Crippen LogP contribution is 2.68. The van der Waals surface area contributed by atoms with E-state index in [2.05, 4.69) is 34.6 Å². The molecule has 0 bridgehead atoms. The molecule has 4 heteroatoms. The van der Waals surface area contributed by atoms with E-state index in [1.807, 2.05) is 0 Å². The lowest BCUT2D eigenvalue weighted by molar-refractivity contribution is -0.115. The number of hydrogen-bond acceptors (Lipinski definition) is 4. The topological polar surface area (TPSA) is 78.3 Å². The first-order valence-corrected chi connectivity index (χ1v) is 15.9. The molecule has 1 aromatic carbocycles. The van der Waals surface area contributed by atoms with Gasteiger partial charge in [0.2, 0.25) is 0 Å². The zero-order chi connectivity index (χ0) is 27.2. The van der Waals surface area contributed by atoms with Crippen LogP contribution in [0.2, 0.25) is 0 Å². The number of ether oxygens (including phenoxy) is 1. The van der Waals surface area contributed by atoms with Crippen molar-refractivity contribution in [1.82, 2.24) is 0 Å². The third-order valence-electron chi connectivity index (χ3n) is 12.2. The summed E-state index contributed by atoms with van der Waals surface area (Å²) in [5.41, 5.74) is 14.3. The van der Waals surface area contributed by atoms with Gasteiger partial charge in [0, 0.05) is 17.3 Å². The summed E-state index contributed by atoms with van der Waals surface area (Å²) < 4.78 is 6.49. The zero-order valence-corrected chi connectivity index (χ0v) is 24.8. The Morgan fingerprint density at radius 3 is 2.37 bits per heavy atom. The smallest absolute Gasteiger partial charge is 0.338 e. The van der Waals surface area contributed by atoms with Gasteiger partial charge in [-0.1, -0.05) is 66.7 Å². The fourth-order valence-electron chi connectivity index (χ4n) is 10.5. The standard InChI is InChI=1S/C34H54N2O2/c1-21(2)9-8-10-22(3)31-30(38-32(37)23-17-25(35)19-26(36)18-23)20-29-27-13-12-24-11-6-7-15-33(24,4)28(27)14-16-34(29,31)5/h17-19,21-22,24,27-31H,6-16,20,35-36H2,1-5H3/t22-,24?,27-,28+,29+,30?,31+,33+,34+/m1/s1. The Balaban J connectivity index is 1.42. The molecule has 0 aromatic heterocycles. The number of anilines is 2. The van der Waals surface area contributed by atoms with Crippen LogP contribution in [-0.2, 0) is 4.74 Å². The molecule has 9 atom stereocenters. The predicted octanol–water partition coefficient (Wildman–Crippen LogP) is 8.50. The fourth-order valence-corrected chi connectivity index (χ4v) is 10.5. The molecule has 0 amide bonds. The van der Waals surface area contributed by atoms with Crippen molar-refractivity contribution in [2.45, 2.75) is 118 Å². The highest BCUT2D eigenvalue weighted by atomic mass is 16.5. The van der Waals surface area contributed by atoms with Gasteiger partial charge >= 0.3 is 5.97 Å². The lowest BCUT2D eigenvalue weighted by Crippen LogP contribution is -2.53. The summed E-state index contributed by atoms with van der Waals surface area (Å²) in [7, 11) is 0. The number of hydrogen-bond donors (Lipinski definition) is 2. The zero-order valence-electron chi connectivity index (χ0n) is 24.8. The van der Waals surface area contributed by atoms with Crippen molar-refractivity contribution in [2.75, 3.05) is 11.5 Å². The maximum absolute atomic E-state index is 13.5. The van der Waals surface area contributed by atoms with Crippen LogP contribution in [0.5, 0.6) is 0 Å². The van der Waals surface area contributed by atoms with Gasteiger partial charge in [-0.2, -0.15) is 0 Å².